The molecule has 2 aromatic rings. The van der Waals surface area contributed by atoms with E-state index < -0.39 is 35.6 Å². The van der Waals surface area contributed by atoms with Crippen molar-refractivity contribution in [3.63, 3.8) is 0 Å². The van der Waals surface area contributed by atoms with E-state index in [2.05, 4.69) is 11.1 Å². The SMILES string of the molecule is Cc1cc(C)c(C#N)c(N2C[C@@H](O)C[C@H]2C(=O)N(C)c2ccc(F)c(C(F)(F)F)c2)n1. The molecule has 2 atom stereocenters. The number of rotatable bonds is 3. The highest BCUT2D eigenvalue weighted by Gasteiger charge is 2.40. The summed E-state index contributed by atoms with van der Waals surface area (Å²) >= 11 is 0. The van der Waals surface area contributed by atoms with Gasteiger partial charge in [0.1, 0.15) is 23.7 Å². The lowest BCUT2D eigenvalue weighted by atomic mass is 10.1. The summed E-state index contributed by atoms with van der Waals surface area (Å²) in [6, 6.07) is 5.12. The molecule has 0 bridgehead atoms. The van der Waals surface area contributed by atoms with Crippen LogP contribution in [0.3, 0.4) is 0 Å². The predicted molar refractivity (Wildman–Crippen MR) is 105 cm³/mol. The summed E-state index contributed by atoms with van der Waals surface area (Å²) in [5.74, 6) is -1.81. The van der Waals surface area contributed by atoms with E-state index in [9.17, 15) is 32.7 Å². The molecule has 1 aromatic carbocycles. The number of carbonyl (C=O) groups is 1. The van der Waals surface area contributed by atoms with Crippen molar-refractivity contribution in [2.75, 3.05) is 23.4 Å². The van der Waals surface area contributed by atoms with Crippen LogP contribution < -0.4 is 9.80 Å². The lowest BCUT2D eigenvalue weighted by molar-refractivity contribution is -0.140. The Morgan fingerprint density at radius 1 is 1.32 bits per heavy atom. The Labute approximate surface area is 176 Å². The van der Waals surface area contributed by atoms with Crippen molar-refractivity contribution in [3.8, 4) is 6.07 Å². The van der Waals surface area contributed by atoms with Crippen LogP contribution in [0, 0.1) is 31.0 Å². The molecule has 3 rings (SSSR count). The first-order chi connectivity index (χ1) is 14.4. The number of amides is 1. The molecule has 164 valence electrons. The van der Waals surface area contributed by atoms with Gasteiger partial charge in [0.15, 0.2) is 0 Å². The van der Waals surface area contributed by atoms with E-state index in [0.29, 0.717) is 23.4 Å². The molecule has 0 aliphatic carbocycles. The van der Waals surface area contributed by atoms with Crippen LogP contribution in [-0.2, 0) is 11.0 Å². The lowest BCUT2D eigenvalue weighted by Crippen LogP contribution is -2.45. The normalized spacial score (nSPS) is 18.7. The molecule has 10 heteroatoms. The minimum Gasteiger partial charge on any atom is -0.391 e. The molecule has 1 aromatic heterocycles. The van der Waals surface area contributed by atoms with Crippen LogP contribution in [0.15, 0.2) is 24.3 Å². The van der Waals surface area contributed by atoms with Gasteiger partial charge in [-0.1, -0.05) is 0 Å². The molecule has 1 fully saturated rings. The zero-order valence-electron chi connectivity index (χ0n) is 17.0. The van der Waals surface area contributed by atoms with Crippen LogP contribution in [-0.4, -0.2) is 41.7 Å². The number of alkyl halides is 3. The van der Waals surface area contributed by atoms with Gasteiger partial charge in [-0.2, -0.15) is 18.4 Å². The van der Waals surface area contributed by atoms with Crippen LogP contribution in [0.25, 0.3) is 0 Å². The minimum absolute atomic E-state index is 0.00995. The molecule has 0 saturated carbocycles. The lowest BCUT2D eigenvalue weighted by Gasteiger charge is -2.29. The van der Waals surface area contributed by atoms with Crippen molar-refractivity contribution in [3.05, 3.63) is 52.5 Å². The number of aromatic nitrogens is 1. The fourth-order valence-corrected chi connectivity index (χ4v) is 3.73. The molecule has 0 radical (unpaired) electrons. The summed E-state index contributed by atoms with van der Waals surface area (Å²) in [6.07, 6.45) is -5.80. The smallest absolute Gasteiger partial charge is 0.391 e. The van der Waals surface area contributed by atoms with E-state index in [0.717, 1.165) is 11.0 Å². The standard InChI is InChI=1S/C21H20F4N4O2/c1-11-6-12(2)27-19(15(11)9-26)29-10-14(30)8-18(29)20(31)28(3)13-4-5-17(22)16(7-13)21(23,24)25/h4-7,14,18,30H,8,10H2,1-3H3/t14-,18-/m0/s1. The second-order valence-electron chi connectivity index (χ2n) is 7.51. The van der Waals surface area contributed by atoms with Gasteiger partial charge in [-0.3, -0.25) is 4.79 Å². The second kappa shape index (κ2) is 8.15. The summed E-state index contributed by atoms with van der Waals surface area (Å²) in [6.45, 7) is 3.49. The molecule has 31 heavy (non-hydrogen) atoms. The fourth-order valence-electron chi connectivity index (χ4n) is 3.73. The molecule has 1 saturated heterocycles. The van der Waals surface area contributed by atoms with Crippen molar-refractivity contribution in [1.82, 2.24) is 4.98 Å². The van der Waals surface area contributed by atoms with Gasteiger partial charge in [-0.05, 0) is 43.7 Å². The summed E-state index contributed by atoms with van der Waals surface area (Å²) in [5, 5.41) is 19.7. The van der Waals surface area contributed by atoms with E-state index >= 15 is 0 Å². The number of likely N-dealkylation sites (N-methyl/N-ethyl adjacent to an activating group) is 1. The summed E-state index contributed by atoms with van der Waals surface area (Å²) in [5.41, 5.74) is -0.106. The molecular formula is C21H20F4N4O2. The van der Waals surface area contributed by atoms with Crippen molar-refractivity contribution in [2.24, 2.45) is 0 Å². The van der Waals surface area contributed by atoms with E-state index in [-0.39, 0.29) is 30.0 Å². The molecule has 0 unspecified atom stereocenters. The van der Waals surface area contributed by atoms with E-state index in [1.165, 1.54) is 11.9 Å². The Balaban J connectivity index is 1.99. The van der Waals surface area contributed by atoms with Gasteiger partial charge in [0.05, 0.1) is 17.2 Å². The van der Waals surface area contributed by atoms with Gasteiger partial charge in [-0.25, -0.2) is 9.37 Å². The van der Waals surface area contributed by atoms with Crippen molar-refractivity contribution >= 4 is 17.4 Å². The average molecular weight is 436 g/mol. The number of anilines is 2. The van der Waals surface area contributed by atoms with E-state index in [1.807, 2.05) is 0 Å². The number of benzene rings is 1. The van der Waals surface area contributed by atoms with Gasteiger partial charge in [0, 0.05) is 31.4 Å². The monoisotopic (exact) mass is 436 g/mol. The second-order valence-corrected chi connectivity index (χ2v) is 7.51. The molecule has 6 nitrogen and oxygen atoms in total. The first kappa shape index (κ1) is 22.5. The van der Waals surface area contributed by atoms with Crippen molar-refractivity contribution < 1.29 is 27.5 Å². The average Bonchev–Trinajstić information content (AvgIpc) is 3.07. The number of aliphatic hydroxyl groups excluding tert-OH is 1. The number of nitriles is 1. The van der Waals surface area contributed by atoms with Gasteiger partial charge in [0.2, 0.25) is 5.91 Å². The van der Waals surface area contributed by atoms with Gasteiger partial charge in [-0.15, -0.1) is 0 Å². The van der Waals surface area contributed by atoms with Crippen molar-refractivity contribution in [1.29, 1.82) is 5.26 Å². The highest BCUT2D eigenvalue weighted by Crippen LogP contribution is 2.35. The van der Waals surface area contributed by atoms with Crippen LogP contribution >= 0.6 is 0 Å². The van der Waals surface area contributed by atoms with E-state index in [4.69, 9.17) is 0 Å². The first-order valence-electron chi connectivity index (χ1n) is 9.41. The third-order valence-corrected chi connectivity index (χ3v) is 5.25. The summed E-state index contributed by atoms with van der Waals surface area (Å²) in [7, 11) is 1.28. The van der Waals surface area contributed by atoms with Gasteiger partial charge < -0.3 is 14.9 Å². The zero-order chi connectivity index (χ0) is 23.1. The number of aliphatic hydroxyl groups is 1. The maximum Gasteiger partial charge on any atom is 0.419 e. The molecule has 1 amide bonds. The number of halogens is 4. The maximum atomic E-state index is 13.6. The van der Waals surface area contributed by atoms with Gasteiger partial charge in [0.25, 0.3) is 0 Å². The molecule has 2 heterocycles. The zero-order valence-corrected chi connectivity index (χ0v) is 17.0. The van der Waals surface area contributed by atoms with E-state index in [1.54, 1.807) is 19.9 Å². The number of pyridine rings is 1. The topological polar surface area (TPSA) is 80.5 Å². The number of carbonyl (C=O) groups excluding carboxylic acids is 1. The highest BCUT2D eigenvalue weighted by atomic mass is 19.4. The number of nitrogens with zero attached hydrogens (tertiary/aromatic N) is 4. The Morgan fingerprint density at radius 2 is 2.00 bits per heavy atom. The minimum atomic E-state index is -4.91. The summed E-state index contributed by atoms with van der Waals surface area (Å²) < 4.78 is 52.8. The quantitative estimate of drug-likeness (QED) is 0.747. The Bertz CT molecular complexity index is 1060. The molecular weight excluding hydrogens is 416 g/mol. The first-order valence-corrected chi connectivity index (χ1v) is 9.41. The fraction of sp³-hybridized carbons (Fsp3) is 0.381. The molecule has 1 N–H and O–H groups in total. The Kier molecular flexibility index (Phi) is 5.91. The third kappa shape index (κ3) is 4.32. The molecule has 0 spiro atoms. The number of hydrogen-bond acceptors (Lipinski definition) is 5. The highest BCUT2D eigenvalue weighted by molar-refractivity contribution is 5.99. The number of β-amino-alcohol motifs (C(OH)–C–C–N with tert-alkyl or cyclic N) is 1. The summed E-state index contributed by atoms with van der Waals surface area (Å²) in [4.78, 5) is 20.0. The number of aryl methyl sites for hydroxylation is 2. The third-order valence-electron chi connectivity index (χ3n) is 5.25. The molecule has 1 aliphatic rings. The van der Waals surface area contributed by atoms with Crippen LogP contribution in [0.5, 0.6) is 0 Å². The van der Waals surface area contributed by atoms with Gasteiger partial charge >= 0.3 is 6.18 Å². The molecule has 1 aliphatic heterocycles. The van der Waals surface area contributed by atoms with Crippen molar-refractivity contribution in [2.45, 2.75) is 38.6 Å². The van der Waals surface area contributed by atoms with Crippen LogP contribution in [0.2, 0.25) is 0 Å². The number of hydrogen-bond donors (Lipinski definition) is 1. The Morgan fingerprint density at radius 3 is 2.61 bits per heavy atom. The van der Waals surface area contributed by atoms with Crippen LogP contribution in [0.1, 0.15) is 28.8 Å². The predicted octanol–water partition coefficient (Wildman–Crippen LogP) is 3.33. The Hall–Kier alpha value is -3.19. The van der Waals surface area contributed by atoms with Crippen LogP contribution in [0.4, 0.5) is 29.1 Å². The largest absolute Gasteiger partial charge is 0.419 e. The maximum absolute atomic E-state index is 13.6.